The number of aliphatic imine (C=N–C) groups is 1. The zero-order valence-corrected chi connectivity index (χ0v) is 13.8. The number of halogens is 1. The topological polar surface area (TPSA) is 65.2 Å². The number of hydrogen-bond donors (Lipinski definition) is 1. The highest BCUT2D eigenvalue weighted by Crippen LogP contribution is 2.26. The Morgan fingerprint density at radius 1 is 1.08 bits per heavy atom. The number of nitrogens with zero attached hydrogens (tertiary/aromatic N) is 2. The molecule has 6 heteroatoms. The Morgan fingerprint density at radius 3 is 2.52 bits per heavy atom. The number of thioether (sulfide) groups is 1. The zero-order chi connectivity index (χ0) is 17.6. The lowest BCUT2D eigenvalue weighted by Crippen LogP contribution is -2.19. The van der Waals surface area contributed by atoms with Gasteiger partial charge in [-0.15, -0.1) is 4.99 Å². The van der Waals surface area contributed by atoms with E-state index in [1.54, 1.807) is 36.5 Å². The lowest BCUT2D eigenvalue weighted by atomic mass is 10.1. The van der Waals surface area contributed by atoms with Crippen molar-refractivity contribution in [1.82, 2.24) is 5.32 Å². The number of benzene rings is 2. The van der Waals surface area contributed by atoms with Gasteiger partial charge in [-0.05, 0) is 35.0 Å². The van der Waals surface area contributed by atoms with E-state index in [2.05, 4.69) is 10.3 Å². The summed E-state index contributed by atoms with van der Waals surface area (Å²) in [5.41, 5.74) is 2.29. The SMILES string of the molecule is N#CN=C1NC(=O)C(=Cc2ccc(/C=C/c3ccccc3F)cc2)S1. The number of nitriles is 1. The molecule has 1 fully saturated rings. The minimum Gasteiger partial charge on any atom is -0.300 e. The molecule has 2 aromatic rings. The highest BCUT2D eigenvalue weighted by atomic mass is 32.2. The highest BCUT2D eigenvalue weighted by Gasteiger charge is 2.23. The maximum Gasteiger partial charge on any atom is 0.264 e. The van der Waals surface area contributed by atoms with Crippen LogP contribution in [0.3, 0.4) is 0 Å². The molecule has 122 valence electrons. The van der Waals surface area contributed by atoms with Gasteiger partial charge in [0.1, 0.15) is 5.82 Å². The summed E-state index contributed by atoms with van der Waals surface area (Å²) in [6.07, 6.45) is 6.91. The molecule has 1 heterocycles. The Bertz CT molecular complexity index is 940. The van der Waals surface area contributed by atoms with Crippen LogP contribution in [-0.4, -0.2) is 11.1 Å². The van der Waals surface area contributed by atoms with Crippen molar-refractivity contribution in [2.45, 2.75) is 0 Å². The quantitative estimate of drug-likeness (QED) is 0.517. The molecule has 1 aliphatic rings. The van der Waals surface area contributed by atoms with Crippen LogP contribution in [0.25, 0.3) is 18.2 Å². The highest BCUT2D eigenvalue weighted by molar-refractivity contribution is 8.18. The van der Waals surface area contributed by atoms with E-state index in [0.717, 1.165) is 22.9 Å². The van der Waals surface area contributed by atoms with E-state index in [-0.39, 0.29) is 16.9 Å². The fourth-order valence-electron chi connectivity index (χ4n) is 2.18. The fourth-order valence-corrected chi connectivity index (χ4v) is 2.95. The molecule has 0 bridgehead atoms. The Labute approximate surface area is 148 Å². The molecule has 0 saturated carbocycles. The van der Waals surface area contributed by atoms with E-state index < -0.39 is 0 Å². The summed E-state index contributed by atoms with van der Waals surface area (Å²) in [7, 11) is 0. The molecule has 3 rings (SSSR count). The molecule has 0 radical (unpaired) electrons. The summed E-state index contributed by atoms with van der Waals surface area (Å²) >= 11 is 1.12. The van der Waals surface area contributed by atoms with Gasteiger partial charge in [-0.2, -0.15) is 5.26 Å². The van der Waals surface area contributed by atoms with Gasteiger partial charge >= 0.3 is 0 Å². The normalized spacial score (nSPS) is 17.2. The van der Waals surface area contributed by atoms with Crippen molar-refractivity contribution in [1.29, 1.82) is 5.26 Å². The molecule has 0 spiro atoms. The Balaban J connectivity index is 1.74. The predicted octanol–water partition coefficient (Wildman–Crippen LogP) is 4.04. The number of amides is 1. The molecule has 25 heavy (non-hydrogen) atoms. The predicted molar refractivity (Wildman–Crippen MR) is 98.5 cm³/mol. The molecule has 0 atom stereocenters. The largest absolute Gasteiger partial charge is 0.300 e. The van der Waals surface area contributed by atoms with E-state index in [4.69, 9.17) is 5.26 Å². The third-order valence-electron chi connectivity index (χ3n) is 3.40. The average molecular weight is 349 g/mol. The van der Waals surface area contributed by atoms with E-state index >= 15 is 0 Å². The molecular weight excluding hydrogens is 337 g/mol. The molecule has 1 aliphatic heterocycles. The number of carbonyl (C=O) groups excluding carboxylic acids is 1. The molecule has 0 unspecified atom stereocenters. The number of rotatable bonds is 3. The third kappa shape index (κ3) is 4.22. The maximum absolute atomic E-state index is 13.6. The molecule has 4 nitrogen and oxygen atoms in total. The van der Waals surface area contributed by atoms with Crippen molar-refractivity contribution >= 4 is 41.1 Å². The lowest BCUT2D eigenvalue weighted by molar-refractivity contribution is -0.115. The van der Waals surface area contributed by atoms with Gasteiger partial charge in [0, 0.05) is 5.56 Å². The van der Waals surface area contributed by atoms with Crippen LogP contribution in [0.1, 0.15) is 16.7 Å². The second-order valence-corrected chi connectivity index (χ2v) is 6.13. The third-order valence-corrected chi connectivity index (χ3v) is 4.31. The molecule has 1 saturated heterocycles. The van der Waals surface area contributed by atoms with E-state index in [9.17, 15) is 9.18 Å². The summed E-state index contributed by atoms with van der Waals surface area (Å²) in [6, 6.07) is 14.1. The summed E-state index contributed by atoms with van der Waals surface area (Å²) < 4.78 is 13.6. The van der Waals surface area contributed by atoms with Crippen LogP contribution in [0, 0.1) is 17.3 Å². The van der Waals surface area contributed by atoms with Crippen LogP contribution in [0.5, 0.6) is 0 Å². The van der Waals surface area contributed by atoms with Gasteiger partial charge in [-0.1, -0.05) is 54.6 Å². The first kappa shape index (κ1) is 16.7. The van der Waals surface area contributed by atoms with Gasteiger partial charge in [0.05, 0.1) is 4.91 Å². The van der Waals surface area contributed by atoms with E-state index in [1.807, 2.05) is 30.3 Å². The van der Waals surface area contributed by atoms with Gasteiger partial charge in [-0.25, -0.2) is 4.39 Å². The first-order valence-corrected chi connectivity index (χ1v) is 8.18. The van der Waals surface area contributed by atoms with E-state index in [1.165, 1.54) is 6.07 Å². The second-order valence-electron chi connectivity index (χ2n) is 5.10. The average Bonchev–Trinajstić information content (AvgIpc) is 2.95. The minimum atomic E-state index is -0.275. The van der Waals surface area contributed by atoms with Crippen LogP contribution in [0.15, 0.2) is 58.4 Å². The number of amidine groups is 1. The Kier molecular flexibility index (Phi) is 5.07. The van der Waals surface area contributed by atoms with Crippen molar-refractivity contribution in [3.8, 4) is 6.19 Å². The van der Waals surface area contributed by atoms with Gasteiger partial charge in [-0.3, -0.25) is 10.1 Å². The minimum absolute atomic E-state index is 0.265. The monoisotopic (exact) mass is 349 g/mol. The molecule has 2 aromatic carbocycles. The van der Waals surface area contributed by atoms with Crippen LogP contribution in [0.4, 0.5) is 4.39 Å². The van der Waals surface area contributed by atoms with Gasteiger partial charge in [0.25, 0.3) is 5.91 Å². The molecule has 1 N–H and O–H groups in total. The maximum atomic E-state index is 13.6. The van der Waals surface area contributed by atoms with Crippen LogP contribution in [-0.2, 0) is 4.79 Å². The lowest BCUT2D eigenvalue weighted by Gasteiger charge is -1.98. The Hall–Kier alpha value is -3.17. The van der Waals surface area contributed by atoms with E-state index in [0.29, 0.717) is 10.5 Å². The molecule has 0 aromatic heterocycles. The van der Waals surface area contributed by atoms with Crippen molar-refractivity contribution < 1.29 is 9.18 Å². The summed E-state index contributed by atoms with van der Waals surface area (Å²) in [6.45, 7) is 0. The number of carbonyl (C=O) groups is 1. The fraction of sp³-hybridized carbons (Fsp3) is 0. The molecule has 1 amide bonds. The van der Waals surface area contributed by atoms with Crippen molar-refractivity contribution in [3.63, 3.8) is 0 Å². The summed E-state index contributed by atoms with van der Waals surface area (Å²) in [4.78, 5) is 15.8. The number of hydrogen-bond acceptors (Lipinski definition) is 4. The van der Waals surface area contributed by atoms with Crippen LogP contribution in [0.2, 0.25) is 0 Å². The smallest absolute Gasteiger partial charge is 0.264 e. The summed E-state index contributed by atoms with van der Waals surface area (Å²) in [5, 5.41) is 11.3. The second kappa shape index (κ2) is 7.60. The van der Waals surface area contributed by atoms with Crippen molar-refractivity contribution in [2.24, 2.45) is 4.99 Å². The Morgan fingerprint density at radius 2 is 1.80 bits per heavy atom. The molecular formula is C19H12FN3OS. The van der Waals surface area contributed by atoms with Gasteiger partial charge < -0.3 is 0 Å². The van der Waals surface area contributed by atoms with Crippen molar-refractivity contribution in [2.75, 3.05) is 0 Å². The molecule has 0 aliphatic carbocycles. The van der Waals surface area contributed by atoms with Crippen LogP contribution >= 0.6 is 11.8 Å². The van der Waals surface area contributed by atoms with Crippen LogP contribution < -0.4 is 5.32 Å². The first-order valence-electron chi connectivity index (χ1n) is 7.36. The zero-order valence-electron chi connectivity index (χ0n) is 12.9. The van der Waals surface area contributed by atoms with Gasteiger partial charge in [0.15, 0.2) is 5.17 Å². The summed E-state index contributed by atoms with van der Waals surface area (Å²) in [5.74, 6) is -0.540. The standard InChI is InChI=1S/C19H12FN3OS/c20-16-4-2-1-3-15(16)10-9-13-5-7-14(8-6-13)11-17-18(24)23-19(25-17)22-12-21/h1-11H,(H,22,23,24)/b10-9+,17-11?. The van der Waals surface area contributed by atoms with Crippen molar-refractivity contribution in [3.05, 3.63) is 75.9 Å². The van der Waals surface area contributed by atoms with Gasteiger partial charge in [0.2, 0.25) is 6.19 Å². The first-order chi connectivity index (χ1) is 12.2. The number of nitrogens with one attached hydrogen (secondary N) is 1.